The van der Waals surface area contributed by atoms with Crippen molar-refractivity contribution in [3.05, 3.63) is 121 Å². The monoisotopic (exact) mass is 593 g/mol. The van der Waals surface area contributed by atoms with Crippen molar-refractivity contribution < 1.29 is 9.59 Å². The molecular weight excluding hydrogens is 566 g/mol. The number of hydrogen-bond acceptors (Lipinski definition) is 7. The van der Waals surface area contributed by atoms with Crippen LogP contribution in [0.2, 0.25) is 0 Å². The first-order valence-electron chi connectivity index (χ1n) is 14.3. The molecule has 6 aromatic rings. The summed E-state index contributed by atoms with van der Waals surface area (Å²) in [6.45, 7) is 3.55. The second kappa shape index (κ2) is 11.1. The Morgan fingerprint density at radius 1 is 0.978 bits per heavy atom. The van der Waals surface area contributed by atoms with Gasteiger partial charge in [-0.05, 0) is 84.6 Å². The highest BCUT2D eigenvalue weighted by Crippen LogP contribution is 2.33. The van der Waals surface area contributed by atoms with E-state index in [4.69, 9.17) is 15.7 Å². The lowest BCUT2D eigenvalue weighted by atomic mass is 10.1. The average molecular weight is 594 g/mol. The van der Waals surface area contributed by atoms with E-state index < -0.39 is 5.91 Å². The first-order chi connectivity index (χ1) is 21.9. The molecular formula is C34H27N9O2. The van der Waals surface area contributed by atoms with E-state index in [-0.39, 0.29) is 5.91 Å². The molecule has 1 aliphatic carbocycles. The largest absolute Gasteiger partial charge is 0.383 e. The SMILES string of the molecule is C=CC(=O)N(C)c1ccccc1C(=O)N=C1CCc2cc(-n3c(-c4cccnc4N)nc4ccc(-n5cccn5)nc43)ccc21. The minimum absolute atomic E-state index is 0.313. The number of nitrogens with zero attached hydrogens (tertiary/aromatic N) is 8. The number of carbonyl (C=O) groups excluding carboxylic acids is 2. The molecule has 45 heavy (non-hydrogen) atoms. The summed E-state index contributed by atoms with van der Waals surface area (Å²) in [5.74, 6) is 0.890. The van der Waals surface area contributed by atoms with Crippen LogP contribution in [-0.2, 0) is 11.2 Å². The van der Waals surface area contributed by atoms with Crippen LogP contribution in [0.25, 0.3) is 34.1 Å². The third kappa shape index (κ3) is 4.85. The minimum atomic E-state index is -0.411. The number of para-hydroxylation sites is 1. The fourth-order valence-corrected chi connectivity index (χ4v) is 5.61. The normalized spacial score (nSPS) is 13.2. The number of benzene rings is 2. The Balaban J connectivity index is 1.31. The molecule has 2 amide bonds. The zero-order valence-electron chi connectivity index (χ0n) is 24.3. The summed E-state index contributed by atoms with van der Waals surface area (Å²) in [5.41, 5.74) is 12.6. The molecule has 0 unspecified atom stereocenters. The van der Waals surface area contributed by atoms with Crippen molar-refractivity contribution in [1.82, 2.24) is 29.3 Å². The molecule has 0 aliphatic heterocycles. The van der Waals surface area contributed by atoms with Crippen LogP contribution in [0, 0.1) is 0 Å². The number of likely N-dealkylation sites (N-methyl/N-ethyl adjacent to an activating group) is 1. The molecule has 11 heteroatoms. The van der Waals surface area contributed by atoms with Crippen LogP contribution in [0.4, 0.5) is 11.5 Å². The van der Waals surface area contributed by atoms with Crippen molar-refractivity contribution in [3.63, 3.8) is 0 Å². The van der Waals surface area contributed by atoms with Crippen LogP contribution in [0.1, 0.15) is 27.9 Å². The highest BCUT2D eigenvalue weighted by Gasteiger charge is 2.24. The molecule has 2 N–H and O–H groups in total. The third-order valence-corrected chi connectivity index (χ3v) is 7.83. The zero-order valence-corrected chi connectivity index (χ0v) is 24.3. The highest BCUT2D eigenvalue weighted by molar-refractivity contribution is 6.15. The van der Waals surface area contributed by atoms with Crippen LogP contribution in [0.5, 0.6) is 0 Å². The van der Waals surface area contributed by atoms with Crippen molar-refractivity contribution in [2.75, 3.05) is 17.7 Å². The Labute approximate surface area is 258 Å². The van der Waals surface area contributed by atoms with Crippen molar-refractivity contribution >= 4 is 40.2 Å². The number of carbonyl (C=O) groups is 2. The highest BCUT2D eigenvalue weighted by atomic mass is 16.2. The van der Waals surface area contributed by atoms with Crippen molar-refractivity contribution in [2.45, 2.75) is 12.8 Å². The Bertz CT molecular complexity index is 2160. The number of imidazole rings is 1. The molecule has 4 heterocycles. The van der Waals surface area contributed by atoms with E-state index in [0.29, 0.717) is 64.0 Å². The molecule has 0 atom stereocenters. The van der Waals surface area contributed by atoms with Crippen LogP contribution in [0.15, 0.2) is 109 Å². The zero-order chi connectivity index (χ0) is 31.1. The predicted octanol–water partition coefficient (Wildman–Crippen LogP) is 4.97. The molecule has 7 rings (SSSR count). The lowest BCUT2D eigenvalue weighted by Gasteiger charge is -2.17. The second-order valence-electron chi connectivity index (χ2n) is 10.5. The van der Waals surface area contributed by atoms with E-state index in [1.807, 2.05) is 53.2 Å². The van der Waals surface area contributed by atoms with Crippen LogP contribution >= 0.6 is 0 Å². The molecule has 0 spiro atoms. The Hall–Kier alpha value is -6.23. The molecule has 0 saturated heterocycles. The predicted molar refractivity (Wildman–Crippen MR) is 173 cm³/mol. The topological polar surface area (TPSA) is 137 Å². The molecule has 220 valence electrons. The summed E-state index contributed by atoms with van der Waals surface area (Å²) in [6, 6.07) is 22.3. The molecule has 1 aliphatic rings. The first kappa shape index (κ1) is 27.6. The molecule has 0 saturated carbocycles. The molecule has 4 aromatic heterocycles. The summed E-state index contributed by atoms with van der Waals surface area (Å²) >= 11 is 0. The number of rotatable bonds is 6. The fraction of sp³-hybridized carbons (Fsp3) is 0.0882. The number of anilines is 2. The number of aryl methyl sites for hydroxylation is 1. The van der Waals surface area contributed by atoms with Crippen molar-refractivity contribution in [2.24, 2.45) is 4.99 Å². The summed E-state index contributed by atoms with van der Waals surface area (Å²) in [4.78, 5) is 45.7. The van der Waals surface area contributed by atoms with Crippen molar-refractivity contribution in [3.8, 4) is 22.9 Å². The van der Waals surface area contributed by atoms with Gasteiger partial charge in [-0.2, -0.15) is 5.10 Å². The van der Waals surface area contributed by atoms with Crippen LogP contribution < -0.4 is 10.6 Å². The first-order valence-corrected chi connectivity index (χ1v) is 14.3. The van der Waals surface area contributed by atoms with E-state index in [1.54, 1.807) is 48.4 Å². The second-order valence-corrected chi connectivity index (χ2v) is 10.5. The summed E-state index contributed by atoms with van der Waals surface area (Å²) < 4.78 is 3.67. The van der Waals surface area contributed by atoms with E-state index in [2.05, 4.69) is 27.7 Å². The number of nitrogen functional groups attached to an aromatic ring is 1. The van der Waals surface area contributed by atoms with Gasteiger partial charge in [-0.25, -0.2) is 24.6 Å². The maximum atomic E-state index is 13.4. The number of fused-ring (bicyclic) bond motifs is 2. The number of amides is 2. The van der Waals surface area contributed by atoms with Gasteiger partial charge in [-0.3, -0.25) is 14.2 Å². The van der Waals surface area contributed by atoms with E-state index >= 15 is 0 Å². The maximum absolute atomic E-state index is 13.4. The lowest BCUT2D eigenvalue weighted by Crippen LogP contribution is -2.25. The van der Waals surface area contributed by atoms with Gasteiger partial charge in [-0.15, -0.1) is 0 Å². The maximum Gasteiger partial charge on any atom is 0.279 e. The molecule has 2 aromatic carbocycles. The van der Waals surface area contributed by atoms with Gasteiger partial charge < -0.3 is 10.6 Å². The van der Waals surface area contributed by atoms with Gasteiger partial charge in [0.05, 0.1) is 22.5 Å². The number of aliphatic imine (C=N–C) groups is 1. The van der Waals surface area contributed by atoms with Crippen LogP contribution in [0.3, 0.4) is 0 Å². The fourth-order valence-electron chi connectivity index (χ4n) is 5.61. The Morgan fingerprint density at radius 2 is 1.84 bits per heavy atom. The summed E-state index contributed by atoms with van der Waals surface area (Å²) in [7, 11) is 1.61. The Morgan fingerprint density at radius 3 is 2.64 bits per heavy atom. The van der Waals surface area contributed by atoms with E-state index in [1.165, 1.54) is 11.0 Å². The quantitative estimate of drug-likeness (QED) is 0.269. The number of pyridine rings is 2. The van der Waals surface area contributed by atoms with Crippen LogP contribution in [-0.4, -0.2) is 53.9 Å². The number of hydrogen-bond donors (Lipinski definition) is 1. The molecule has 0 radical (unpaired) electrons. The smallest absolute Gasteiger partial charge is 0.279 e. The van der Waals surface area contributed by atoms with Gasteiger partial charge in [0.2, 0.25) is 5.91 Å². The van der Waals surface area contributed by atoms with Gasteiger partial charge in [0.1, 0.15) is 11.3 Å². The summed E-state index contributed by atoms with van der Waals surface area (Å²) in [6.07, 6.45) is 7.69. The Kier molecular flexibility index (Phi) is 6.82. The van der Waals surface area contributed by atoms with E-state index in [9.17, 15) is 9.59 Å². The van der Waals surface area contributed by atoms with Gasteiger partial charge in [0.25, 0.3) is 5.91 Å². The van der Waals surface area contributed by atoms with Gasteiger partial charge in [0.15, 0.2) is 17.3 Å². The molecule has 11 nitrogen and oxygen atoms in total. The molecule has 0 fully saturated rings. The van der Waals surface area contributed by atoms with Gasteiger partial charge in [-0.1, -0.05) is 24.8 Å². The lowest BCUT2D eigenvalue weighted by molar-refractivity contribution is -0.113. The molecule has 0 bridgehead atoms. The number of nitrogens with two attached hydrogens (primary N) is 1. The third-order valence-electron chi connectivity index (χ3n) is 7.83. The number of aromatic nitrogens is 6. The summed E-state index contributed by atoms with van der Waals surface area (Å²) in [5, 5.41) is 4.33. The van der Waals surface area contributed by atoms with Crippen molar-refractivity contribution in [1.29, 1.82) is 0 Å². The average Bonchev–Trinajstić information content (AvgIpc) is 3.83. The van der Waals surface area contributed by atoms with Gasteiger partial charge in [0, 0.05) is 31.3 Å². The standard InChI is InChI=1S/C34H27N9O2/c1-3-30(44)41(2)28-10-5-4-8-24(28)34(45)39-26-14-11-21-20-22(12-13-23(21)26)43-32(25-9-6-17-36-31(25)35)38-27-15-16-29(40-33(27)43)42-19-7-18-37-42/h3-10,12-13,15-20H,1,11,14H2,2H3,(H2,35,36). The van der Waals surface area contributed by atoms with E-state index in [0.717, 1.165) is 16.8 Å². The van der Waals surface area contributed by atoms with Gasteiger partial charge >= 0.3 is 0 Å². The minimum Gasteiger partial charge on any atom is -0.383 e.